The van der Waals surface area contributed by atoms with Crippen LogP contribution < -0.4 is 14.8 Å². The van der Waals surface area contributed by atoms with Crippen LogP contribution in [-0.4, -0.2) is 31.2 Å². The lowest BCUT2D eigenvalue weighted by atomic mass is 10.0. The van der Waals surface area contributed by atoms with Gasteiger partial charge < -0.3 is 19.8 Å². The molecule has 2 aromatic carbocycles. The van der Waals surface area contributed by atoms with E-state index in [1.807, 2.05) is 13.8 Å². The summed E-state index contributed by atoms with van der Waals surface area (Å²) in [6.07, 6.45) is 0.612. The fraction of sp³-hybridized carbons (Fsp3) is 0.286. The molecule has 5 nitrogen and oxygen atoms in total. The normalized spacial score (nSPS) is 10.8. The molecule has 0 aliphatic rings. The van der Waals surface area contributed by atoms with Gasteiger partial charge in [0.1, 0.15) is 17.3 Å². The van der Waals surface area contributed by atoms with Crippen molar-refractivity contribution in [3.05, 3.63) is 59.0 Å². The molecule has 6 heteroatoms. The summed E-state index contributed by atoms with van der Waals surface area (Å²) in [5, 5.41) is 3.74. The fourth-order valence-electron chi connectivity index (χ4n) is 3.17. The van der Waals surface area contributed by atoms with Gasteiger partial charge in [-0.25, -0.2) is 4.39 Å². The maximum Gasteiger partial charge on any atom is 0.257 e. The Morgan fingerprint density at radius 1 is 1.19 bits per heavy atom. The van der Waals surface area contributed by atoms with Gasteiger partial charge in [0, 0.05) is 23.7 Å². The number of hydrogen-bond donors (Lipinski definition) is 2. The Morgan fingerprint density at radius 3 is 2.74 bits per heavy atom. The predicted octanol–water partition coefficient (Wildman–Crippen LogP) is 3.67. The van der Waals surface area contributed by atoms with Gasteiger partial charge in [0.05, 0.1) is 12.6 Å². The van der Waals surface area contributed by atoms with E-state index in [-0.39, 0.29) is 18.3 Å². The molecule has 3 aromatic rings. The van der Waals surface area contributed by atoms with Crippen molar-refractivity contribution in [1.82, 2.24) is 10.3 Å². The van der Waals surface area contributed by atoms with E-state index >= 15 is 0 Å². The van der Waals surface area contributed by atoms with Crippen molar-refractivity contribution in [1.29, 1.82) is 0 Å². The molecule has 0 atom stereocenters. The van der Waals surface area contributed by atoms with Gasteiger partial charge in [-0.3, -0.25) is 4.79 Å². The highest BCUT2D eigenvalue weighted by molar-refractivity contribution is 5.88. The minimum absolute atomic E-state index is 0.0757. The van der Waals surface area contributed by atoms with E-state index in [4.69, 9.17) is 9.47 Å². The first-order chi connectivity index (χ1) is 13.0. The second-order valence-corrected chi connectivity index (χ2v) is 6.41. The van der Waals surface area contributed by atoms with Crippen molar-refractivity contribution < 1.29 is 18.7 Å². The van der Waals surface area contributed by atoms with Crippen LogP contribution >= 0.6 is 0 Å². The minimum Gasteiger partial charge on any atom is -0.497 e. The summed E-state index contributed by atoms with van der Waals surface area (Å²) < 4.78 is 24.6. The molecule has 0 saturated heterocycles. The van der Waals surface area contributed by atoms with Crippen LogP contribution in [0.2, 0.25) is 0 Å². The highest BCUT2D eigenvalue weighted by atomic mass is 19.1. The van der Waals surface area contributed by atoms with Crippen LogP contribution in [0.3, 0.4) is 0 Å². The SMILES string of the molecule is COc1cccc(OCC(=O)NCCc2c(C)[nH]c3c(F)ccc(C)c23)c1. The van der Waals surface area contributed by atoms with E-state index in [9.17, 15) is 9.18 Å². The number of nitrogens with one attached hydrogen (secondary N) is 2. The first-order valence-electron chi connectivity index (χ1n) is 8.79. The number of fused-ring (bicyclic) bond motifs is 1. The molecule has 0 aliphatic carbocycles. The van der Waals surface area contributed by atoms with Gasteiger partial charge in [-0.05, 0) is 49.6 Å². The second-order valence-electron chi connectivity index (χ2n) is 6.41. The summed E-state index contributed by atoms with van der Waals surface area (Å²) in [7, 11) is 1.58. The molecular weight excluding hydrogens is 347 g/mol. The highest BCUT2D eigenvalue weighted by Crippen LogP contribution is 2.27. The first-order valence-corrected chi connectivity index (χ1v) is 8.79. The lowest BCUT2D eigenvalue weighted by molar-refractivity contribution is -0.123. The number of aromatic nitrogens is 1. The monoisotopic (exact) mass is 370 g/mol. The van der Waals surface area contributed by atoms with Crippen LogP contribution in [0.4, 0.5) is 4.39 Å². The maximum absolute atomic E-state index is 14.0. The van der Waals surface area contributed by atoms with Crippen molar-refractivity contribution in [3.8, 4) is 11.5 Å². The molecule has 27 heavy (non-hydrogen) atoms. The Kier molecular flexibility index (Phi) is 5.64. The van der Waals surface area contributed by atoms with E-state index in [0.717, 1.165) is 22.2 Å². The topological polar surface area (TPSA) is 63.4 Å². The van der Waals surface area contributed by atoms with Gasteiger partial charge in [0.15, 0.2) is 6.61 Å². The number of aryl methyl sites for hydroxylation is 2. The zero-order valence-corrected chi connectivity index (χ0v) is 15.7. The van der Waals surface area contributed by atoms with Crippen LogP contribution in [0.15, 0.2) is 36.4 Å². The lowest BCUT2D eigenvalue weighted by Gasteiger charge is -2.09. The molecule has 0 spiro atoms. The molecule has 142 valence electrons. The summed E-state index contributed by atoms with van der Waals surface area (Å²) in [6, 6.07) is 10.3. The number of ether oxygens (including phenoxy) is 2. The Morgan fingerprint density at radius 2 is 1.96 bits per heavy atom. The Hall–Kier alpha value is -3.02. The van der Waals surface area contributed by atoms with Gasteiger partial charge in [0.2, 0.25) is 0 Å². The summed E-state index contributed by atoms with van der Waals surface area (Å²) in [5.74, 6) is 0.771. The number of methoxy groups -OCH3 is 1. The van der Waals surface area contributed by atoms with E-state index in [1.165, 1.54) is 6.07 Å². The number of aromatic amines is 1. The second kappa shape index (κ2) is 8.12. The van der Waals surface area contributed by atoms with Crippen LogP contribution in [0, 0.1) is 19.7 Å². The van der Waals surface area contributed by atoms with Crippen molar-refractivity contribution >= 4 is 16.8 Å². The minimum atomic E-state index is -0.263. The van der Waals surface area contributed by atoms with Gasteiger partial charge in [-0.15, -0.1) is 0 Å². The van der Waals surface area contributed by atoms with E-state index in [0.29, 0.717) is 30.0 Å². The van der Waals surface area contributed by atoms with Crippen molar-refractivity contribution in [3.63, 3.8) is 0 Å². The molecular formula is C21H23FN2O3. The first kappa shape index (κ1) is 18.8. The summed E-state index contributed by atoms with van der Waals surface area (Å²) in [5.41, 5.74) is 3.48. The number of H-pyrrole nitrogens is 1. The Bertz CT molecular complexity index is 965. The third kappa shape index (κ3) is 4.22. The molecule has 0 aliphatic heterocycles. The van der Waals surface area contributed by atoms with Crippen LogP contribution in [-0.2, 0) is 11.2 Å². The third-order valence-electron chi connectivity index (χ3n) is 4.54. The van der Waals surface area contributed by atoms with Gasteiger partial charge in [-0.1, -0.05) is 12.1 Å². The van der Waals surface area contributed by atoms with Gasteiger partial charge in [-0.2, -0.15) is 0 Å². The number of halogens is 1. The molecule has 0 unspecified atom stereocenters. The number of amides is 1. The summed E-state index contributed by atoms with van der Waals surface area (Å²) in [4.78, 5) is 15.1. The van der Waals surface area contributed by atoms with E-state index in [2.05, 4.69) is 10.3 Å². The largest absolute Gasteiger partial charge is 0.497 e. The van der Waals surface area contributed by atoms with Crippen LogP contribution in [0.1, 0.15) is 16.8 Å². The van der Waals surface area contributed by atoms with Crippen LogP contribution in [0.5, 0.6) is 11.5 Å². The fourth-order valence-corrected chi connectivity index (χ4v) is 3.17. The Balaban J connectivity index is 1.57. The molecule has 1 aromatic heterocycles. The number of carbonyl (C=O) groups is 1. The van der Waals surface area contributed by atoms with Gasteiger partial charge >= 0.3 is 0 Å². The number of rotatable bonds is 7. The average Bonchev–Trinajstić information content (AvgIpc) is 3.01. The predicted molar refractivity (Wildman–Crippen MR) is 103 cm³/mol. The molecule has 0 radical (unpaired) electrons. The number of hydrogen-bond acceptors (Lipinski definition) is 3. The molecule has 1 heterocycles. The molecule has 2 N–H and O–H groups in total. The molecule has 0 bridgehead atoms. The standard InChI is InChI=1S/C21H23FN2O3/c1-13-7-8-18(22)21-20(13)17(14(2)24-21)9-10-23-19(25)12-27-16-6-4-5-15(11-16)26-3/h4-8,11,24H,9-10,12H2,1-3H3,(H,23,25). The van der Waals surface area contributed by atoms with E-state index < -0.39 is 0 Å². The lowest BCUT2D eigenvalue weighted by Crippen LogP contribution is -2.30. The maximum atomic E-state index is 14.0. The molecule has 1 amide bonds. The average molecular weight is 370 g/mol. The van der Waals surface area contributed by atoms with Gasteiger partial charge in [0.25, 0.3) is 5.91 Å². The zero-order valence-electron chi connectivity index (χ0n) is 15.7. The summed E-state index contributed by atoms with van der Waals surface area (Å²) in [6.45, 7) is 4.25. The molecule has 3 rings (SSSR count). The third-order valence-corrected chi connectivity index (χ3v) is 4.54. The number of benzene rings is 2. The molecule has 0 fully saturated rings. The molecule has 0 saturated carbocycles. The van der Waals surface area contributed by atoms with E-state index in [1.54, 1.807) is 37.4 Å². The Labute approximate surface area is 157 Å². The quantitative estimate of drug-likeness (QED) is 0.667. The smallest absolute Gasteiger partial charge is 0.257 e. The van der Waals surface area contributed by atoms with Crippen molar-refractivity contribution in [2.24, 2.45) is 0 Å². The zero-order chi connectivity index (χ0) is 19.4. The van der Waals surface area contributed by atoms with Crippen LogP contribution in [0.25, 0.3) is 10.9 Å². The number of carbonyl (C=O) groups excluding carboxylic acids is 1. The van der Waals surface area contributed by atoms with Crippen molar-refractivity contribution in [2.45, 2.75) is 20.3 Å². The highest BCUT2D eigenvalue weighted by Gasteiger charge is 2.14. The van der Waals surface area contributed by atoms with Crippen molar-refractivity contribution in [2.75, 3.05) is 20.3 Å². The summed E-state index contributed by atoms with van der Waals surface area (Å²) >= 11 is 0.